The van der Waals surface area contributed by atoms with E-state index in [9.17, 15) is 18.5 Å². The minimum atomic E-state index is -3.67. The standard InChI is InChI=1S/C12H18N4O4S/c1-14(2)9-5-6-15(8-9)21(19,20)10-3-4-12(16(17)18)11(13)7-10/h3-4,7,9H,5-6,8,13H2,1-2H3. The van der Waals surface area contributed by atoms with Gasteiger partial charge in [-0.2, -0.15) is 4.31 Å². The molecule has 0 amide bonds. The molecule has 0 aromatic heterocycles. The molecule has 1 aromatic rings. The maximum absolute atomic E-state index is 12.5. The molecule has 0 saturated carbocycles. The summed E-state index contributed by atoms with van der Waals surface area (Å²) in [5.74, 6) is 0. The molecule has 2 rings (SSSR count). The second kappa shape index (κ2) is 5.58. The van der Waals surface area contributed by atoms with Crippen LogP contribution >= 0.6 is 0 Å². The highest BCUT2D eigenvalue weighted by Crippen LogP contribution is 2.28. The van der Waals surface area contributed by atoms with E-state index in [2.05, 4.69) is 0 Å². The van der Waals surface area contributed by atoms with Gasteiger partial charge in [0.05, 0.1) is 9.82 Å². The Bertz CT molecular complexity index is 659. The minimum Gasteiger partial charge on any atom is -0.393 e. The Balaban J connectivity index is 2.29. The molecule has 1 aliphatic heterocycles. The molecule has 1 aliphatic rings. The fourth-order valence-corrected chi connectivity index (χ4v) is 3.89. The van der Waals surface area contributed by atoms with Crippen LogP contribution in [0.1, 0.15) is 6.42 Å². The van der Waals surface area contributed by atoms with E-state index in [1.54, 1.807) is 0 Å². The van der Waals surface area contributed by atoms with E-state index in [0.717, 1.165) is 18.6 Å². The fourth-order valence-electron chi connectivity index (χ4n) is 2.36. The predicted octanol–water partition coefficient (Wildman–Crippen LogP) is 0.502. The molecule has 1 unspecified atom stereocenters. The third kappa shape index (κ3) is 2.99. The van der Waals surface area contributed by atoms with Crippen LogP contribution in [0.25, 0.3) is 0 Å². The van der Waals surface area contributed by atoms with Gasteiger partial charge in [0.25, 0.3) is 5.69 Å². The lowest BCUT2D eigenvalue weighted by molar-refractivity contribution is -0.383. The molecule has 1 fully saturated rings. The first kappa shape index (κ1) is 15.7. The number of nitro groups is 1. The van der Waals surface area contributed by atoms with Crippen LogP contribution in [0.15, 0.2) is 23.1 Å². The third-order valence-electron chi connectivity index (χ3n) is 3.69. The molecule has 21 heavy (non-hydrogen) atoms. The number of hydrogen-bond donors (Lipinski definition) is 1. The number of nitrogens with two attached hydrogens (primary N) is 1. The SMILES string of the molecule is CN(C)C1CCN(S(=O)(=O)c2ccc([N+](=O)[O-])c(N)c2)C1. The van der Waals surface area contributed by atoms with Crippen molar-refractivity contribution in [2.24, 2.45) is 0 Å². The molecule has 0 aliphatic carbocycles. The molecule has 9 heteroatoms. The molecule has 1 saturated heterocycles. The van der Waals surface area contributed by atoms with Gasteiger partial charge in [0.2, 0.25) is 10.0 Å². The summed E-state index contributed by atoms with van der Waals surface area (Å²) in [7, 11) is 0.149. The Morgan fingerprint density at radius 3 is 2.57 bits per heavy atom. The molecule has 8 nitrogen and oxygen atoms in total. The maximum atomic E-state index is 12.5. The highest BCUT2D eigenvalue weighted by molar-refractivity contribution is 7.89. The van der Waals surface area contributed by atoms with Crippen molar-refractivity contribution in [2.75, 3.05) is 32.9 Å². The van der Waals surface area contributed by atoms with E-state index < -0.39 is 14.9 Å². The van der Waals surface area contributed by atoms with Crippen molar-refractivity contribution in [1.29, 1.82) is 0 Å². The second-order valence-corrected chi connectivity index (χ2v) is 7.18. The smallest absolute Gasteiger partial charge is 0.292 e. The normalized spacial score (nSPS) is 20.0. The Labute approximate surface area is 123 Å². The van der Waals surface area contributed by atoms with Crippen LogP contribution in [-0.4, -0.2) is 55.8 Å². The molecule has 0 radical (unpaired) electrons. The zero-order valence-corrected chi connectivity index (χ0v) is 12.7. The molecule has 116 valence electrons. The second-order valence-electron chi connectivity index (χ2n) is 5.25. The number of benzene rings is 1. The number of anilines is 1. The molecule has 1 heterocycles. The third-order valence-corrected chi connectivity index (χ3v) is 5.55. The summed E-state index contributed by atoms with van der Waals surface area (Å²) in [5, 5.41) is 10.7. The summed E-state index contributed by atoms with van der Waals surface area (Å²) in [4.78, 5) is 12.1. The first-order valence-corrected chi connectivity index (χ1v) is 7.88. The molecular weight excluding hydrogens is 296 g/mol. The van der Waals surface area contributed by atoms with E-state index >= 15 is 0 Å². The van der Waals surface area contributed by atoms with E-state index in [4.69, 9.17) is 5.73 Å². The number of sulfonamides is 1. The Kier molecular flexibility index (Phi) is 4.17. The van der Waals surface area contributed by atoms with Crippen LogP contribution in [-0.2, 0) is 10.0 Å². The number of rotatable bonds is 4. The summed E-state index contributed by atoms with van der Waals surface area (Å²) >= 11 is 0. The predicted molar refractivity (Wildman–Crippen MR) is 78.4 cm³/mol. The van der Waals surface area contributed by atoms with Crippen LogP contribution in [0.4, 0.5) is 11.4 Å². The van der Waals surface area contributed by atoms with E-state index in [1.165, 1.54) is 10.4 Å². The first-order chi connectivity index (χ1) is 9.73. The van der Waals surface area contributed by atoms with Crippen molar-refractivity contribution in [1.82, 2.24) is 9.21 Å². The van der Waals surface area contributed by atoms with Crippen molar-refractivity contribution in [2.45, 2.75) is 17.4 Å². The summed E-state index contributed by atoms with van der Waals surface area (Å²) in [6, 6.07) is 3.68. The summed E-state index contributed by atoms with van der Waals surface area (Å²) < 4.78 is 26.4. The first-order valence-electron chi connectivity index (χ1n) is 6.44. The lowest BCUT2D eigenvalue weighted by atomic mass is 10.2. The highest BCUT2D eigenvalue weighted by Gasteiger charge is 2.33. The topological polar surface area (TPSA) is 110 Å². The van der Waals surface area contributed by atoms with E-state index in [-0.39, 0.29) is 22.3 Å². The van der Waals surface area contributed by atoms with Gasteiger partial charge in [-0.3, -0.25) is 10.1 Å². The largest absolute Gasteiger partial charge is 0.393 e. The van der Waals surface area contributed by atoms with Crippen LogP contribution in [0.2, 0.25) is 0 Å². The van der Waals surface area contributed by atoms with Crippen LogP contribution < -0.4 is 5.73 Å². The van der Waals surface area contributed by atoms with E-state index in [0.29, 0.717) is 13.1 Å². The van der Waals surface area contributed by atoms with Gasteiger partial charge in [-0.15, -0.1) is 0 Å². The maximum Gasteiger partial charge on any atom is 0.292 e. The van der Waals surface area contributed by atoms with E-state index in [1.807, 2.05) is 19.0 Å². The molecule has 2 N–H and O–H groups in total. The van der Waals surface area contributed by atoms with Crippen LogP contribution in [0.3, 0.4) is 0 Å². The van der Waals surface area contributed by atoms with Crippen molar-refractivity contribution in [3.05, 3.63) is 28.3 Å². The fraction of sp³-hybridized carbons (Fsp3) is 0.500. The van der Waals surface area contributed by atoms with Gasteiger partial charge in [0.15, 0.2) is 0 Å². The lowest BCUT2D eigenvalue weighted by Gasteiger charge is -2.20. The Morgan fingerprint density at radius 2 is 2.10 bits per heavy atom. The molecule has 1 aromatic carbocycles. The average Bonchev–Trinajstić information content (AvgIpc) is 2.88. The molecule has 1 atom stereocenters. The van der Waals surface area contributed by atoms with Gasteiger partial charge in [-0.25, -0.2) is 8.42 Å². The number of hydrogen-bond acceptors (Lipinski definition) is 6. The van der Waals surface area contributed by atoms with Crippen molar-refractivity contribution < 1.29 is 13.3 Å². The van der Waals surface area contributed by atoms with Gasteiger partial charge in [0, 0.05) is 25.2 Å². The monoisotopic (exact) mass is 314 g/mol. The zero-order valence-electron chi connectivity index (χ0n) is 11.9. The number of nitro benzene ring substituents is 1. The van der Waals surface area contributed by atoms with Gasteiger partial charge in [-0.05, 0) is 32.6 Å². The van der Waals surface area contributed by atoms with Crippen LogP contribution in [0.5, 0.6) is 0 Å². The highest BCUT2D eigenvalue weighted by atomic mass is 32.2. The van der Waals surface area contributed by atoms with Gasteiger partial charge < -0.3 is 10.6 Å². The summed E-state index contributed by atoms with van der Waals surface area (Å²) in [6.07, 6.45) is 0.759. The quantitative estimate of drug-likeness (QED) is 0.492. The zero-order chi connectivity index (χ0) is 15.8. The molecule has 0 bridgehead atoms. The van der Waals surface area contributed by atoms with Gasteiger partial charge in [0.1, 0.15) is 5.69 Å². The van der Waals surface area contributed by atoms with Crippen molar-refractivity contribution in [3.63, 3.8) is 0 Å². The van der Waals surface area contributed by atoms with Crippen molar-refractivity contribution >= 4 is 21.4 Å². The van der Waals surface area contributed by atoms with Gasteiger partial charge >= 0.3 is 0 Å². The Hall–Kier alpha value is -1.71. The van der Waals surface area contributed by atoms with Crippen LogP contribution in [0, 0.1) is 10.1 Å². The summed E-state index contributed by atoms with van der Waals surface area (Å²) in [5.41, 5.74) is 5.12. The van der Waals surface area contributed by atoms with Gasteiger partial charge in [-0.1, -0.05) is 0 Å². The minimum absolute atomic E-state index is 0.00925. The number of likely N-dealkylation sites (N-methyl/N-ethyl adjacent to an activating group) is 1. The molecular formula is C12H18N4O4S. The summed E-state index contributed by atoms with van der Waals surface area (Å²) in [6.45, 7) is 0.842. The lowest BCUT2D eigenvalue weighted by Crippen LogP contribution is -2.34. The molecule has 0 spiro atoms. The number of nitrogen functional groups attached to an aromatic ring is 1. The number of nitrogens with zero attached hydrogens (tertiary/aromatic N) is 3. The average molecular weight is 314 g/mol. The van der Waals surface area contributed by atoms with Crippen molar-refractivity contribution in [3.8, 4) is 0 Å². The Morgan fingerprint density at radius 1 is 1.43 bits per heavy atom.